The summed E-state index contributed by atoms with van der Waals surface area (Å²) < 4.78 is 0. The molecule has 1 nitrogen and oxygen atoms in total. The summed E-state index contributed by atoms with van der Waals surface area (Å²) in [5.74, 6) is 1.48. The van der Waals surface area contributed by atoms with Crippen LogP contribution in [0.5, 0.6) is 0 Å². The summed E-state index contributed by atoms with van der Waals surface area (Å²) in [4.78, 5) is 4.29. The van der Waals surface area contributed by atoms with Crippen LogP contribution in [0.4, 0.5) is 0 Å². The number of rotatable bonds is 4. The first kappa shape index (κ1) is 9.67. The molecule has 1 unspecified atom stereocenters. The second-order valence-electron chi connectivity index (χ2n) is 3.18. The van der Waals surface area contributed by atoms with E-state index < -0.39 is 0 Å². The van der Waals surface area contributed by atoms with E-state index in [9.17, 15) is 0 Å². The first-order valence-electron chi connectivity index (χ1n) is 4.16. The first-order chi connectivity index (χ1) is 4.68. The van der Waals surface area contributed by atoms with Crippen LogP contribution in [0.2, 0.25) is 0 Å². The molecule has 0 spiro atoms. The summed E-state index contributed by atoms with van der Waals surface area (Å²) >= 11 is 0. The van der Waals surface area contributed by atoms with Crippen molar-refractivity contribution in [1.82, 2.24) is 0 Å². The molecule has 0 N–H and O–H groups in total. The molecule has 0 rings (SSSR count). The van der Waals surface area contributed by atoms with E-state index in [2.05, 4.69) is 32.7 Å². The van der Waals surface area contributed by atoms with Crippen molar-refractivity contribution in [3.05, 3.63) is 0 Å². The molecule has 10 heavy (non-hydrogen) atoms. The van der Waals surface area contributed by atoms with Crippen molar-refractivity contribution in [2.45, 2.75) is 34.1 Å². The third-order valence-corrected chi connectivity index (χ3v) is 1.84. The quantitative estimate of drug-likeness (QED) is 0.534. The van der Waals surface area contributed by atoms with Crippen molar-refractivity contribution in [3.63, 3.8) is 0 Å². The van der Waals surface area contributed by atoms with Gasteiger partial charge in [-0.1, -0.05) is 27.7 Å². The Morgan fingerprint density at radius 1 is 1.30 bits per heavy atom. The van der Waals surface area contributed by atoms with E-state index in [4.69, 9.17) is 0 Å². The largest absolute Gasteiger partial charge is 0.297 e. The number of hydrogen-bond acceptors (Lipinski definition) is 1. The molecule has 1 atom stereocenters. The molecule has 0 bridgehead atoms. The van der Waals surface area contributed by atoms with E-state index >= 15 is 0 Å². The molecule has 60 valence electrons. The summed E-state index contributed by atoms with van der Waals surface area (Å²) in [7, 11) is 0. The molecule has 0 aromatic heterocycles. The average molecular weight is 141 g/mol. The Kier molecular flexibility index (Phi) is 5.27. The maximum Gasteiger partial charge on any atom is 0.0413 e. The van der Waals surface area contributed by atoms with E-state index in [1.165, 1.54) is 0 Å². The summed E-state index contributed by atoms with van der Waals surface area (Å²) in [5, 5.41) is 0. The predicted molar refractivity (Wildman–Crippen MR) is 47.7 cm³/mol. The van der Waals surface area contributed by atoms with Crippen molar-refractivity contribution >= 4 is 6.21 Å². The minimum absolute atomic E-state index is 0.725. The van der Waals surface area contributed by atoms with Crippen molar-refractivity contribution < 1.29 is 0 Å². The molecule has 1 heteroatoms. The SMILES string of the molecule is CC/C=N/CC(C)C(C)C. The van der Waals surface area contributed by atoms with Gasteiger partial charge in [0.15, 0.2) is 0 Å². The average Bonchev–Trinajstić information content (AvgIpc) is 1.88. The number of nitrogens with zero attached hydrogens (tertiary/aromatic N) is 1. The van der Waals surface area contributed by atoms with Gasteiger partial charge in [-0.3, -0.25) is 4.99 Å². The molecule has 0 saturated heterocycles. The normalized spacial score (nSPS) is 14.9. The Morgan fingerprint density at radius 3 is 2.30 bits per heavy atom. The Bertz CT molecular complexity index is 94.9. The lowest BCUT2D eigenvalue weighted by Crippen LogP contribution is -2.07. The second-order valence-corrected chi connectivity index (χ2v) is 3.18. The van der Waals surface area contributed by atoms with E-state index in [0.29, 0.717) is 0 Å². The van der Waals surface area contributed by atoms with Gasteiger partial charge in [-0.2, -0.15) is 0 Å². The van der Waals surface area contributed by atoms with Crippen molar-refractivity contribution in [2.75, 3.05) is 6.54 Å². The van der Waals surface area contributed by atoms with Gasteiger partial charge in [-0.15, -0.1) is 0 Å². The topological polar surface area (TPSA) is 12.4 Å². The van der Waals surface area contributed by atoms with Crippen LogP contribution in [0.15, 0.2) is 4.99 Å². The molecular formula is C9H19N. The molecule has 0 aromatic rings. The smallest absolute Gasteiger partial charge is 0.0413 e. The number of aliphatic imine (C=N–C) groups is 1. The molecule has 0 heterocycles. The lowest BCUT2D eigenvalue weighted by Gasteiger charge is -2.11. The van der Waals surface area contributed by atoms with Crippen LogP contribution in [0.1, 0.15) is 34.1 Å². The Morgan fingerprint density at radius 2 is 1.90 bits per heavy atom. The molecule has 0 aliphatic heterocycles. The highest BCUT2D eigenvalue weighted by Crippen LogP contribution is 2.08. The van der Waals surface area contributed by atoms with Gasteiger partial charge < -0.3 is 0 Å². The summed E-state index contributed by atoms with van der Waals surface area (Å²) in [6.45, 7) is 9.84. The highest BCUT2D eigenvalue weighted by molar-refractivity contribution is 5.56. The van der Waals surface area contributed by atoms with Crippen LogP contribution in [0.25, 0.3) is 0 Å². The van der Waals surface area contributed by atoms with Crippen LogP contribution >= 0.6 is 0 Å². The van der Waals surface area contributed by atoms with Crippen LogP contribution in [-0.4, -0.2) is 12.8 Å². The molecule has 0 radical (unpaired) electrons. The van der Waals surface area contributed by atoms with Gasteiger partial charge in [0.1, 0.15) is 0 Å². The maximum atomic E-state index is 4.29. The van der Waals surface area contributed by atoms with E-state index in [0.717, 1.165) is 24.8 Å². The van der Waals surface area contributed by atoms with Crippen molar-refractivity contribution in [2.24, 2.45) is 16.8 Å². The fourth-order valence-corrected chi connectivity index (χ4v) is 0.581. The van der Waals surface area contributed by atoms with E-state index in [1.54, 1.807) is 0 Å². The third-order valence-electron chi connectivity index (χ3n) is 1.84. The van der Waals surface area contributed by atoms with Crippen LogP contribution in [0.3, 0.4) is 0 Å². The van der Waals surface area contributed by atoms with Crippen molar-refractivity contribution in [3.8, 4) is 0 Å². The first-order valence-corrected chi connectivity index (χ1v) is 4.16. The summed E-state index contributed by atoms with van der Waals surface area (Å²) in [5.41, 5.74) is 0. The molecule has 0 saturated carbocycles. The van der Waals surface area contributed by atoms with Gasteiger partial charge in [-0.05, 0) is 24.5 Å². The molecular weight excluding hydrogens is 122 g/mol. The Hall–Kier alpha value is -0.330. The van der Waals surface area contributed by atoms with Crippen LogP contribution in [0, 0.1) is 11.8 Å². The van der Waals surface area contributed by atoms with Crippen LogP contribution in [-0.2, 0) is 0 Å². The van der Waals surface area contributed by atoms with Gasteiger partial charge in [0.25, 0.3) is 0 Å². The van der Waals surface area contributed by atoms with Gasteiger partial charge in [0.05, 0.1) is 0 Å². The summed E-state index contributed by atoms with van der Waals surface area (Å²) in [6, 6.07) is 0. The summed E-state index contributed by atoms with van der Waals surface area (Å²) in [6.07, 6.45) is 3.06. The Balaban J connectivity index is 3.38. The third kappa shape index (κ3) is 4.54. The fourth-order valence-electron chi connectivity index (χ4n) is 0.581. The predicted octanol–water partition coefficient (Wildman–Crippen LogP) is 2.76. The van der Waals surface area contributed by atoms with Gasteiger partial charge in [0, 0.05) is 6.54 Å². The maximum absolute atomic E-state index is 4.29. The zero-order valence-electron chi connectivity index (χ0n) is 7.59. The minimum Gasteiger partial charge on any atom is -0.297 e. The van der Waals surface area contributed by atoms with Gasteiger partial charge >= 0.3 is 0 Å². The molecule has 0 fully saturated rings. The monoisotopic (exact) mass is 141 g/mol. The molecule has 0 aliphatic rings. The van der Waals surface area contributed by atoms with Gasteiger partial charge in [0.2, 0.25) is 0 Å². The molecule has 0 aromatic carbocycles. The zero-order chi connectivity index (χ0) is 7.98. The lowest BCUT2D eigenvalue weighted by molar-refractivity contribution is 0.431. The zero-order valence-corrected chi connectivity index (χ0v) is 7.59. The van der Waals surface area contributed by atoms with E-state index in [1.807, 2.05) is 6.21 Å². The Labute approximate surface area is 64.6 Å². The highest BCUT2D eigenvalue weighted by atomic mass is 14.7. The van der Waals surface area contributed by atoms with E-state index in [-0.39, 0.29) is 0 Å². The number of hydrogen-bond donors (Lipinski definition) is 0. The minimum atomic E-state index is 0.725. The molecule has 0 aliphatic carbocycles. The standard InChI is InChI=1S/C9H19N/c1-5-6-10-7-9(4)8(2)3/h6,8-9H,5,7H2,1-4H3/b10-6+. The molecule has 0 amide bonds. The lowest BCUT2D eigenvalue weighted by atomic mass is 9.99. The van der Waals surface area contributed by atoms with Gasteiger partial charge in [-0.25, -0.2) is 0 Å². The highest BCUT2D eigenvalue weighted by Gasteiger charge is 2.03. The van der Waals surface area contributed by atoms with Crippen molar-refractivity contribution in [1.29, 1.82) is 0 Å². The van der Waals surface area contributed by atoms with Crippen LogP contribution < -0.4 is 0 Å². The second kappa shape index (κ2) is 5.45. The fraction of sp³-hybridized carbons (Fsp3) is 0.889.